The average molecular weight is 552 g/mol. The third-order valence-electron chi connectivity index (χ3n) is 5.65. The van der Waals surface area contributed by atoms with Crippen LogP contribution in [0.1, 0.15) is 83.8 Å². The maximum absolute atomic E-state index is 13.9. The van der Waals surface area contributed by atoms with Gasteiger partial charge < -0.3 is 24.6 Å². The van der Waals surface area contributed by atoms with Gasteiger partial charge >= 0.3 is 12.3 Å². The van der Waals surface area contributed by atoms with Crippen LogP contribution in [0.3, 0.4) is 0 Å². The molecule has 0 heterocycles. The molecule has 0 spiro atoms. The Morgan fingerprint density at radius 1 is 1.08 bits per heavy atom. The van der Waals surface area contributed by atoms with Gasteiger partial charge in [-0.1, -0.05) is 45.1 Å². The summed E-state index contributed by atoms with van der Waals surface area (Å²) in [5.41, 5.74) is -2.23. The summed E-state index contributed by atoms with van der Waals surface area (Å²) in [6, 6.07) is 4.35. The molecule has 1 aromatic rings. The molecule has 214 valence electrons. The van der Waals surface area contributed by atoms with Crippen LogP contribution in [0, 0.1) is 0 Å². The molecule has 0 aliphatic carbocycles. The van der Waals surface area contributed by atoms with Crippen LogP contribution in [0.5, 0.6) is 0 Å². The lowest BCUT2D eigenvalue weighted by Crippen LogP contribution is -2.56. The monoisotopic (exact) mass is 551 g/mol. The third-order valence-corrected chi connectivity index (χ3v) is 6.81. The van der Waals surface area contributed by atoms with Crippen LogP contribution >= 0.6 is 11.8 Å². The zero-order valence-electron chi connectivity index (χ0n) is 22.8. The maximum atomic E-state index is 13.9. The highest BCUT2D eigenvalue weighted by Gasteiger charge is 2.36. The number of aryl methyl sites for hydroxylation is 1. The predicted molar refractivity (Wildman–Crippen MR) is 141 cm³/mol. The standard InChI is InChI=1S/C27H44F3NO5S/c1-6-7-8-9-10-11-16-37-23-13-12-21(17-22(23)27(28,29)30)14-15-26(18-32,19-35-20-34-5)31-24(33)36-25(2,3)4/h12-13,17,32H,6-11,14-16,18-20H2,1-5H3,(H,31,33). The fourth-order valence-corrected chi connectivity index (χ4v) is 4.77. The second-order valence-corrected chi connectivity index (χ2v) is 11.4. The van der Waals surface area contributed by atoms with E-state index in [9.17, 15) is 23.1 Å². The van der Waals surface area contributed by atoms with Crippen LogP contribution in [-0.2, 0) is 26.8 Å². The maximum Gasteiger partial charge on any atom is 0.417 e. The van der Waals surface area contributed by atoms with E-state index in [1.54, 1.807) is 26.8 Å². The Morgan fingerprint density at radius 3 is 2.35 bits per heavy atom. The number of hydrogen-bond acceptors (Lipinski definition) is 6. The number of rotatable bonds is 17. The Balaban J connectivity index is 2.94. The van der Waals surface area contributed by atoms with Gasteiger partial charge in [-0.3, -0.25) is 0 Å². The van der Waals surface area contributed by atoms with E-state index in [0.717, 1.165) is 38.2 Å². The second kappa shape index (κ2) is 16.5. The van der Waals surface area contributed by atoms with Crippen LogP contribution in [0.4, 0.5) is 18.0 Å². The number of alkyl carbamates (subject to hydrolysis) is 1. The zero-order valence-corrected chi connectivity index (χ0v) is 23.7. The minimum absolute atomic E-state index is 0.0690. The highest BCUT2D eigenvalue weighted by atomic mass is 32.2. The molecule has 0 fully saturated rings. The van der Waals surface area contributed by atoms with Gasteiger partial charge in [0.1, 0.15) is 12.4 Å². The number of aliphatic hydroxyl groups excluding tert-OH is 1. The highest BCUT2D eigenvalue weighted by Crippen LogP contribution is 2.38. The first-order valence-electron chi connectivity index (χ1n) is 12.9. The Kier molecular flexibility index (Phi) is 14.9. The quantitative estimate of drug-likeness (QED) is 0.124. The molecule has 10 heteroatoms. The first kappa shape index (κ1) is 33.5. The van der Waals surface area contributed by atoms with Crippen molar-refractivity contribution in [3.63, 3.8) is 0 Å². The van der Waals surface area contributed by atoms with Gasteiger partial charge in [0.05, 0.1) is 24.3 Å². The predicted octanol–water partition coefficient (Wildman–Crippen LogP) is 6.97. The lowest BCUT2D eigenvalue weighted by molar-refractivity contribution is -0.139. The van der Waals surface area contributed by atoms with Crippen molar-refractivity contribution in [3.05, 3.63) is 29.3 Å². The van der Waals surface area contributed by atoms with E-state index in [1.807, 2.05) is 0 Å². The molecule has 0 aromatic heterocycles. The number of carbonyl (C=O) groups excluding carboxylic acids is 1. The van der Waals surface area contributed by atoms with Gasteiger partial charge in [-0.05, 0) is 63.5 Å². The van der Waals surface area contributed by atoms with Crippen LogP contribution in [0.25, 0.3) is 0 Å². The molecular formula is C27H44F3NO5S. The summed E-state index contributed by atoms with van der Waals surface area (Å²) < 4.78 is 57.2. The van der Waals surface area contributed by atoms with Gasteiger partial charge in [0.25, 0.3) is 0 Å². The molecular weight excluding hydrogens is 507 g/mol. The molecule has 1 rings (SSSR count). The summed E-state index contributed by atoms with van der Waals surface area (Å²) in [6.45, 7) is 6.61. The summed E-state index contributed by atoms with van der Waals surface area (Å²) >= 11 is 1.23. The number of methoxy groups -OCH3 is 1. The average Bonchev–Trinajstić information content (AvgIpc) is 2.80. The van der Waals surface area contributed by atoms with Crippen LogP contribution in [0.2, 0.25) is 0 Å². The number of benzene rings is 1. The summed E-state index contributed by atoms with van der Waals surface area (Å²) in [4.78, 5) is 12.6. The number of nitrogens with one attached hydrogen (secondary N) is 1. The van der Waals surface area contributed by atoms with Gasteiger partial charge in [0, 0.05) is 12.0 Å². The Morgan fingerprint density at radius 2 is 1.76 bits per heavy atom. The first-order valence-corrected chi connectivity index (χ1v) is 13.9. The van der Waals surface area contributed by atoms with Crippen molar-refractivity contribution in [1.29, 1.82) is 0 Å². The van der Waals surface area contributed by atoms with Crippen molar-refractivity contribution >= 4 is 17.9 Å². The Hall–Kier alpha value is -1.49. The van der Waals surface area contributed by atoms with E-state index >= 15 is 0 Å². The van der Waals surface area contributed by atoms with Crippen molar-refractivity contribution in [3.8, 4) is 0 Å². The minimum Gasteiger partial charge on any atom is -0.444 e. The van der Waals surface area contributed by atoms with Crippen molar-refractivity contribution in [2.45, 2.75) is 101 Å². The molecule has 6 nitrogen and oxygen atoms in total. The summed E-state index contributed by atoms with van der Waals surface area (Å²) in [7, 11) is 1.44. The van der Waals surface area contributed by atoms with Crippen LogP contribution in [0.15, 0.2) is 23.1 Å². The van der Waals surface area contributed by atoms with E-state index in [2.05, 4.69) is 12.2 Å². The van der Waals surface area contributed by atoms with E-state index in [4.69, 9.17) is 14.2 Å². The molecule has 0 bridgehead atoms. The molecule has 0 saturated heterocycles. The van der Waals surface area contributed by atoms with Crippen molar-refractivity contribution in [2.75, 3.05) is 32.9 Å². The second-order valence-electron chi connectivity index (χ2n) is 10.3. The van der Waals surface area contributed by atoms with Crippen molar-refractivity contribution in [2.24, 2.45) is 0 Å². The fourth-order valence-electron chi connectivity index (χ4n) is 3.70. The lowest BCUT2D eigenvalue weighted by Gasteiger charge is -2.33. The number of ether oxygens (including phenoxy) is 3. The van der Waals surface area contributed by atoms with Gasteiger partial charge in [-0.25, -0.2) is 4.79 Å². The number of aliphatic hydroxyl groups is 1. The number of alkyl halides is 3. The number of hydrogen-bond donors (Lipinski definition) is 2. The van der Waals surface area contributed by atoms with Crippen molar-refractivity contribution < 1.29 is 37.3 Å². The molecule has 2 N–H and O–H groups in total. The number of amides is 1. The number of unbranched alkanes of at least 4 members (excludes halogenated alkanes) is 5. The SMILES string of the molecule is CCCCCCCCSc1ccc(CCC(CO)(COCOC)NC(=O)OC(C)(C)C)cc1C(F)(F)F. The largest absolute Gasteiger partial charge is 0.444 e. The van der Waals surface area contributed by atoms with Gasteiger partial charge in [-0.2, -0.15) is 13.2 Å². The molecule has 1 atom stereocenters. The molecule has 0 radical (unpaired) electrons. The molecule has 1 unspecified atom stereocenters. The van der Waals surface area contributed by atoms with Gasteiger partial charge in [0.2, 0.25) is 0 Å². The van der Waals surface area contributed by atoms with E-state index in [1.165, 1.54) is 31.4 Å². The number of thioether (sulfide) groups is 1. The highest BCUT2D eigenvalue weighted by molar-refractivity contribution is 7.99. The number of halogens is 3. The summed E-state index contributed by atoms with van der Waals surface area (Å²) in [5, 5.41) is 12.8. The Labute approximate surface area is 224 Å². The van der Waals surface area contributed by atoms with Crippen LogP contribution in [-0.4, -0.2) is 55.2 Å². The van der Waals surface area contributed by atoms with E-state index in [-0.39, 0.29) is 31.1 Å². The fraction of sp³-hybridized carbons (Fsp3) is 0.741. The third kappa shape index (κ3) is 13.7. The Bertz CT molecular complexity index is 801. The van der Waals surface area contributed by atoms with Gasteiger partial charge in [-0.15, -0.1) is 11.8 Å². The van der Waals surface area contributed by atoms with E-state index < -0.39 is 35.6 Å². The topological polar surface area (TPSA) is 77.0 Å². The van der Waals surface area contributed by atoms with Crippen LogP contribution < -0.4 is 5.32 Å². The first-order chi connectivity index (χ1) is 17.4. The normalized spacial score (nSPS) is 13.9. The number of carbonyl (C=O) groups is 1. The minimum atomic E-state index is -4.48. The molecule has 0 aliphatic rings. The molecule has 0 aliphatic heterocycles. The summed E-state index contributed by atoms with van der Waals surface area (Å²) in [5.74, 6) is 0.638. The zero-order chi connectivity index (χ0) is 28.0. The van der Waals surface area contributed by atoms with Crippen molar-refractivity contribution in [1.82, 2.24) is 5.32 Å². The van der Waals surface area contributed by atoms with Gasteiger partial charge in [0.15, 0.2) is 0 Å². The molecule has 37 heavy (non-hydrogen) atoms. The lowest BCUT2D eigenvalue weighted by atomic mass is 9.92. The molecule has 1 amide bonds. The van der Waals surface area contributed by atoms with E-state index in [0.29, 0.717) is 11.3 Å². The molecule has 0 saturated carbocycles. The smallest absolute Gasteiger partial charge is 0.417 e. The molecule has 1 aromatic carbocycles. The summed E-state index contributed by atoms with van der Waals surface area (Å²) in [6.07, 6.45) is 1.60.